The van der Waals surface area contributed by atoms with Crippen molar-refractivity contribution in [3.05, 3.63) is 48.8 Å². The van der Waals surface area contributed by atoms with Gasteiger partial charge in [0.05, 0.1) is 0 Å². The second-order valence-corrected chi connectivity index (χ2v) is 1.99. The molecule has 0 aromatic rings. The molecule has 0 fully saturated rings. The van der Waals surface area contributed by atoms with Crippen molar-refractivity contribution in [3.63, 3.8) is 0 Å². The Labute approximate surface area is 65.2 Å². The molecule has 1 heterocycles. The first-order valence-corrected chi connectivity index (χ1v) is 3.21. The van der Waals surface area contributed by atoms with E-state index in [9.17, 15) is 4.79 Å². The van der Waals surface area contributed by atoms with Gasteiger partial charge in [-0.15, -0.1) is 0 Å². The normalized spacial score (nSPS) is 25.8. The summed E-state index contributed by atoms with van der Waals surface area (Å²) in [4.78, 5) is 10.8. The Morgan fingerprint density at radius 3 is 2.45 bits per heavy atom. The molecule has 2 heteroatoms. The molecular weight excluding hydrogens is 140 g/mol. The van der Waals surface area contributed by atoms with E-state index in [2.05, 4.69) is 6.58 Å². The van der Waals surface area contributed by atoms with Crippen molar-refractivity contribution in [1.82, 2.24) is 0 Å². The number of carbonyl (C=O) groups is 1. The van der Waals surface area contributed by atoms with Crippen LogP contribution in [0.25, 0.3) is 0 Å². The molecule has 0 unspecified atom stereocenters. The van der Waals surface area contributed by atoms with Gasteiger partial charge in [0.25, 0.3) is 0 Å². The molecule has 1 rings (SSSR count). The van der Waals surface area contributed by atoms with Gasteiger partial charge in [-0.05, 0) is 6.08 Å². The van der Waals surface area contributed by atoms with Crippen molar-refractivity contribution in [2.75, 3.05) is 0 Å². The molecule has 0 amide bonds. The zero-order valence-electron chi connectivity index (χ0n) is 5.99. The number of rotatable bonds is 0. The van der Waals surface area contributed by atoms with Gasteiger partial charge in [-0.1, -0.05) is 30.9 Å². The van der Waals surface area contributed by atoms with E-state index >= 15 is 0 Å². The Balaban J connectivity index is 2.80. The monoisotopic (exact) mass is 148 g/mol. The van der Waals surface area contributed by atoms with Crippen LogP contribution in [0.4, 0.5) is 0 Å². The van der Waals surface area contributed by atoms with Crippen molar-refractivity contribution >= 4 is 5.97 Å². The number of hydrogen-bond acceptors (Lipinski definition) is 2. The quantitative estimate of drug-likeness (QED) is 0.489. The lowest BCUT2D eigenvalue weighted by molar-refractivity contribution is -0.133. The third-order valence-corrected chi connectivity index (χ3v) is 1.08. The molecule has 0 N–H and O–H groups in total. The molecule has 0 aliphatic carbocycles. The molecule has 0 spiro atoms. The number of cyclic esters (lactones) is 1. The van der Waals surface area contributed by atoms with Gasteiger partial charge in [-0.3, -0.25) is 0 Å². The average molecular weight is 148 g/mol. The van der Waals surface area contributed by atoms with E-state index in [0.717, 1.165) is 0 Å². The Morgan fingerprint density at radius 2 is 1.73 bits per heavy atom. The third-order valence-electron chi connectivity index (χ3n) is 1.08. The molecule has 0 aromatic heterocycles. The lowest BCUT2D eigenvalue weighted by atomic mass is 10.4. The SMILES string of the molecule is C=C1/C=C/C=C\C=C\C(=O)O1. The van der Waals surface area contributed by atoms with E-state index in [1.54, 1.807) is 30.4 Å². The first-order chi connectivity index (χ1) is 5.29. The number of carbonyl (C=O) groups excluding carboxylic acids is 1. The standard InChI is InChI=1S/C9H8O2/c1-8-6-4-2-3-5-7-9(10)11-8/h2-7H,1H2/b3-2-,6-4+,7-5+. The van der Waals surface area contributed by atoms with Crippen molar-refractivity contribution in [1.29, 1.82) is 0 Å². The molecule has 1 aliphatic heterocycles. The van der Waals surface area contributed by atoms with Crippen molar-refractivity contribution < 1.29 is 9.53 Å². The Kier molecular flexibility index (Phi) is 2.44. The number of allylic oxidation sites excluding steroid dienone is 5. The van der Waals surface area contributed by atoms with Gasteiger partial charge in [-0.25, -0.2) is 4.79 Å². The molecule has 0 radical (unpaired) electrons. The summed E-state index contributed by atoms with van der Waals surface area (Å²) in [7, 11) is 0. The van der Waals surface area contributed by atoms with E-state index in [0.29, 0.717) is 5.76 Å². The minimum atomic E-state index is -0.397. The largest absolute Gasteiger partial charge is 0.424 e. The molecule has 1 aliphatic rings. The van der Waals surface area contributed by atoms with E-state index in [1.807, 2.05) is 0 Å². The maximum absolute atomic E-state index is 10.8. The molecule has 0 saturated heterocycles. The second kappa shape index (κ2) is 3.56. The molecule has 2 nitrogen and oxygen atoms in total. The second-order valence-electron chi connectivity index (χ2n) is 1.99. The van der Waals surface area contributed by atoms with Crippen LogP contribution in [0.2, 0.25) is 0 Å². The molecule has 11 heavy (non-hydrogen) atoms. The molecule has 0 saturated carbocycles. The van der Waals surface area contributed by atoms with Crippen LogP contribution >= 0.6 is 0 Å². The van der Waals surface area contributed by atoms with E-state index in [1.165, 1.54) is 6.08 Å². The lowest BCUT2D eigenvalue weighted by Crippen LogP contribution is -1.97. The van der Waals surface area contributed by atoms with Gasteiger partial charge < -0.3 is 4.74 Å². The summed E-state index contributed by atoms with van der Waals surface area (Å²) in [5, 5.41) is 0. The molecular formula is C9H8O2. The summed E-state index contributed by atoms with van der Waals surface area (Å²) < 4.78 is 4.72. The summed E-state index contributed by atoms with van der Waals surface area (Å²) >= 11 is 0. The Morgan fingerprint density at radius 1 is 1.09 bits per heavy atom. The van der Waals surface area contributed by atoms with Crippen LogP contribution in [-0.2, 0) is 9.53 Å². The average Bonchev–Trinajstić information content (AvgIpc) is 2.02. The van der Waals surface area contributed by atoms with Gasteiger partial charge in [0, 0.05) is 6.08 Å². The Hall–Kier alpha value is -1.57. The van der Waals surface area contributed by atoms with Crippen LogP contribution < -0.4 is 0 Å². The first-order valence-electron chi connectivity index (χ1n) is 3.21. The number of hydrogen-bond donors (Lipinski definition) is 0. The van der Waals surface area contributed by atoms with Gasteiger partial charge in [-0.2, -0.15) is 0 Å². The molecule has 56 valence electrons. The van der Waals surface area contributed by atoms with Crippen LogP contribution in [0.3, 0.4) is 0 Å². The minimum absolute atomic E-state index is 0.353. The van der Waals surface area contributed by atoms with Crippen molar-refractivity contribution in [2.45, 2.75) is 0 Å². The molecule has 0 bridgehead atoms. The van der Waals surface area contributed by atoms with E-state index < -0.39 is 5.97 Å². The maximum atomic E-state index is 10.8. The van der Waals surface area contributed by atoms with Crippen LogP contribution in [0.5, 0.6) is 0 Å². The fraction of sp³-hybridized carbons (Fsp3) is 0. The van der Waals surface area contributed by atoms with E-state index in [4.69, 9.17) is 4.74 Å². The van der Waals surface area contributed by atoms with Crippen molar-refractivity contribution in [3.8, 4) is 0 Å². The van der Waals surface area contributed by atoms with Gasteiger partial charge >= 0.3 is 5.97 Å². The van der Waals surface area contributed by atoms with E-state index in [-0.39, 0.29) is 0 Å². The van der Waals surface area contributed by atoms with Crippen LogP contribution in [0.15, 0.2) is 48.8 Å². The smallest absolute Gasteiger partial charge is 0.336 e. The van der Waals surface area contributed by atoms with Crippen molar-refractivity contribution in [2.24, 2.45) is 0 Å². The highest BCUT2D eigenvalue weighted by molar-refractivity contribution is 5.83. The summed E-state index contributed by atoms with van der Waals surface area (Å²) in [5.74, 6) is -0.0441. The first kappa shape index (κ1) is 7.54. The lowest BCUT2D eigenvalue weighted by Gasteiger charge is -1.96. The van der Waals surface area contributed by atoms with Crippen LogP contribution in [0, 0.1) is 0 Å². The Bertz CT molecular complexity index is 231. The highest BCUT2D eigenvalue weighted by Crippen LogP contribution is 1.99. The third kappa shape index (κ3) is 2.67. The highest BCUT2D eigenvalue weighted by atomic mass is 16.5. The molecule has 0 aromatic carbocycles. The maximum Gasteiger partial charge on any atom is 0.336 e. The zero-order chi connectivity index (χ0) is 8.10. The highest BCUT2D eigenvalue weighted by Gasteiger charge is 1.97. The number of esters is 1. The predicted octanol–water partition coefficient (Wildman–Crippen LogP) is 1.73. The fourth-order valence-corrected chi connectivity index (χ4v) is 0.623. The van der Waals surface area contributed by atoms with Crippen LogP contribution in [0.1, 0.15) is 0 Å². The van der Waals surface area contributed by atoms with Gasteiger partial charge in [0.2, 0.25) is 0 Å². The zero-order valence-corrected chi connectivity index (χ0v) is 5.99. The minimum Gasteiger partial charge on any atom is -0.424 e. The fourth-order valence-electron chi connectivity index (χ4n) is 0.623. The summed E-state index contributed by atoms with van der Waals surface area (Å²) in [6.45, 7) is 3.51. The summed E-state index contributed by atoms with van der Waals surface area (Å²) in [6, 6.07) is 0. The summed E-state index contributed by atoms with van der Waals surface area (Å²) in [6.07, 6.45) is 9.88. The summed E-state index contributed by atoms with van der Waals surface area (Å²) in [5.41, 5.74) is 0. The predicted molar refractivity (Wildman–Crippen MR) is 42.7 cm³/mol. The van der Waals surface area contributed by atoms with Gasteiger partial charge in [0.15, 0.2) is 0 Å². The van der Waals surface area contributed by atoms with Gasteiger partial charge in [0.1, 0.15) is 5.76 Å². The topological polar surface area (TPSA) is 26.3 Å². The molecule has 0 atom stereocenters. The van der Waals surface area contributed by atoms with Crippen LogP contribution in [-0.4, -0.2) is 5.97 Å². The number of ether oxygens (including phenoxy) is 1.